The third kappa shape index (κ3) is 2.01. The molecule has 2 aromatic rings. The van der Waals surface area contributed by atoms with Crippen LogP contribution in [-0.2, 0) is 0 Å². The molecular weight excluding hydrogens is 286 g/mol. The predicted octanol–water partition coefficient (Wildman–Crippen LogP) is 2.19. The lowest BCUT2D eigenvalue weighted by molar-refractivity contribution is 0.0695. The van der Waals surface area contributed by atoms with Gasteiger partial charge in [-0.15, -0.1) is 0 Å². The molecule has 0 fully saturated rings. The maximum atomic E-state index is 12.5. The number of amides is 2. The van der Waals surface area contributed by atoms with Gasteiger partial charge in [0.25, 0.3) is 11.8 Å². The Kier molecular flexibility index (Phi) is 3.14. The van der Waals surface area contributed by atoms with E-state index in [1.165, 1.54) is 43.5 Å². The summed E-state index contributed by atoms with van der Waals surface area (Å²) < 4.78 is 5.05. The number of carbonyl (C=O) groups is 3. The maximum absolute atomic E-state index is 12.5. The highest BCUT2D eigenvalue weighted by molar-refractivity contribution is 6.34. The largest absolute Gasteiger partial charge is 0.497 e. The second kappa shape index (κ2) is 5.00. The van der Waals surface area contributed by atoms with E-state index in [1.54, 1.807) is 6.07 Å². The van der Waals surface area contributed by atoms with Crippen molar-refractivity contribution in [3.8, 4) is 5.75 Å². The van der Waals surface area contributed by atoms with E-state index in [0.717, 1.165) is 4.90 Å². The van der Waals surface area contributed by atoms with Crippen LogP contribution in [0.1, 0.15) is 31.1 Å². The summed E-state index contributed by atoms with van der Waals surface area (Å²) in [6, 6.07) is 10.3. The quantitative estimate of drug-likeness (QED) is 0.878. The lowest BCUT2D eigenvalue weighted by atomic mass is 10.1. The van der Waals surface area contributed by atoms with Crippen molar-refractivity contribution in [3.63, 3.8) is 0 Å². The first-order chi connectivity index (χ1) is 10.5. The lowest BCUT2D eigenvalue weighted by Crippen LogP contribution is -2.29. The van der Waals surface area contributed by atoms with Crippen molar-refractivity contribution in [1.29, 1.82) is 0 Å². The Morgan fingerprint density at radius 2 is 1.77 bits per heavy atom. The standard InChI is InChI=1S/C16H11NO5/c1-22-11-5-6-12-13(8-11)15(19)17(14(12)18)10-4-2-3-9(7-10)16(20)21/h2-8H,1H3,(H,20,21). The van der Waals surface area contributed by atoms with Crippen LogP contribution in [0.25, 0.3) is 0 Å². The number of imide groups is 1. The molecule has 0 unspecified atom stereocenters. The molecule has 0 radical (unpaired) electrons. The van der Waals surface area contributed by atoms with Crippen molar-refractivity contribution >= 4 is 23.5 Å². The average molecular weight is 297 g/mol. The minimum atomic E-state index is -1.12. The van der Waals surface area contributed by atoms with Gasteiger partial charge in [-0.3, -0.25) is 9.59 Å². The number of carboxylic acids is 1. The summed E-state index contributed by atoms with van der Waals surface area (Å²) >= 11 is 0. The number of benzene rings is 2. The van der Waals surface area contributed by atoms with Crippen LogP contribution >= 0.6 is 0 Å². The molecule has 0 spiro atoms. The fraction of sp³-hybridized carbons (Fsp3) is 0.0625. The monoisotopic (exact) mass is 297 g/mol. The minimum absolute atomic E-state index is 0.00615. The number of methoxy groups -OCH3 is 1. The van der Waals surface area contributed by atoms with Crippen molar-refractivity contribution in [2.45, 2.75) is 0 Å². The Balaban J connectivity index is 2.07. The third-order valence-corrected chi connectivity index (χ3v) is 3.45. The molecule has 0 saturated carbocycles. The molecule has 0 bridgehead atoms. The second-order valence-corrected chi connectivity index (χ2v) is 4.71. The van der Waals surface area contributed by atoms with Gasteiger partial charge in [-0.05, 0) is 36.4 Å². The highest BCUT2D eigenvalue weighted by atomic mass is 16.5. The van der Waals surface area contributed by atoms with Gasteiger partial charge in [-0.2, -0.15) is 0 Å². The second-order valence-electron chi connectivity index (χ2n) is 4.71. The number of rotatable bonds is 3. The molecule has 1 aliphatic rings. The zero-order valence-electron chi connectivity index (χ0n) is 11.6. The number of nitrogens with zero attached hydrogens (tertiary/aromatic N) is 1. The molecule has 110 valence electrons. The van der Waals surface area contributed by atoms with E-state index in [1.807, 2.05) is 0 Å². The molecule has 2 aromatic carbocycles. The molecule has 1 heterocycles. The normalized spacial score (nSPS) is 13.2. The number of aromatic carboxylic acids is 1. The molecule has 22 heavy (non-hydrogen) atoms. The van der Waals surface area contributed by atoms with Crippen LogP contribution in [0.15, 0.2) is 42.5 Å². The van der Waals surface area contributed by atoms with Gasteiger partial charge in [0.2, 0.25) is 0 Å². The predicted molar refractivity (Wildman–Crippen MR) is 77.5 cm³/mol. The van der Waals surface area contributed by atoms with Crippen LogP contribution < -0.4 is 9.64 Å². The van der Waals surface area contributed by atoms with E-state index in [4.69, 9.17) is 9.84 Å². The van der Waals surface area contributed by atoms with E-state index < -0.39 is 17.8 Å². The summed E-state index contributed by atoms with van der Waals surface area (Å²) in [6.45, 7) is 0. The Labute approximate surface area is 125 Å². The van der Waals surface area contributed by atoms with Gasteiger partial charge in [0.1, 0.15) is 5.75 Å². The van der Waals surface area contributed by atoms with Crippen LogP contribution in [0, 0.1) is 0 Å². The summed E-state index contributed by atoms with van der Waals surface area (Å²) in [4.78, 5) is 36.9. The summed E-state index contributed by atoms with van der Waals surface area (Å²) in [5, 5.41) is 9.02. The number of anilines is 1. The van der Waals surface area contributed by atoms with Crippen molar-refractivity contribution < 1.29 is 24.2 Å². The van der Waals surface area contributed by atoms with E-state index in [0.29, 0.717) is 5.75 Å². The van der Waals surface area contributed by atoms with Gasteiger partial charge < -0.3 is 9.84 Å². The van der Waals surface area contributed by atoms with Crippen LogP contribution in [0.4, 0.5) is 5.69 Å². The Hall–Kier alpha value is -3.15. The summed E-state index contributed by atoms with van der Waals surface area (Å²) in [5.74, 6) is -1.63. The Morgan fingerprint density at radius 1 is 1.05 bits per heavy atom. The van der Waals surface area contributed by atoms with Crippen LogP contribution in [0.3, 0.4) is 0 Å². The number of carboxylic acid groups (broad SMARTS) is 1. The van der Waals surface area contributed by atoms with E-state index >= 15 is 0 Å². The molecule has 1 aliphatic heterocycles. The Bertz CT molecular complexity index is 812. The highest BCUT2D eigenvalue weighted by Crippen LogP contribution is 2.31. The molecular formula is C16H11NO5. The third-order valence-electron chi connectivity index (χ3n) is 3.45. The number of ether oxygens (including phenoxy) is 1. The molecule has 0 atom stereocenters. The molecule has 2 amide bonds. The smallest absolute Gasteiger partial charge is 0.335 e. The lowest BCUT2D eigenvalue weighted by Gasteiger charge is -2.14. The Morgan fingerprint density at radius 3 is 2.45 bits per heavy atom. The molecule has 3 rings (SSSR count). The minimum Gasteiger partial charge on any atom is -0.497 e. The topological polar surface area (TPSA) is 83.9 Å². The fourth-order valence-electron chi connectivity index (χ4n) is 2.36. The van der Waals surface area contributed by atoms with E-state index in [9.17, 15) is 14.4 Å². The van der Waals surface area contributed by atoms with Crippen LogP contribution in [0.2, 0.25) is 0 Å². The van der Waals surface area contributed by atoms with Gasteiger partial charge in [-0.25, -0.2) is 9.69 Å². The fourth-order valence-corrected chi connectivity index (χ4v) is 2.36. The molecule has 6 nitrogen and oxygen atoms in total. The van der Waals surface area contributed by atoms with Crippen molar-refractivity contribution in [2.75, 3.05) is 12.0 Å². The molecule has 1 N–H and O–H groups in total. The number of hydrogen-bond donors (Lipinski definition) is 1. The van der Waals surface area contributed by atoms with Crippen molar-refractivity contribution in [3.05, 3.63) is 59.2 Å². The maximum Gasteiger partial charge on any atom is 0.335 e. The molecule has 0 saturated heterocycles. The summed E-state index contributed by atoms with van der Waals surface area (Å²) in [5.41, 5.74) is 0.744. The van der Waals surface area contributed by atoms with Crippen LogP contribution in [-0.4, -0.2) is 30.0 Å². The summed E-state index contributed by atoms with van der Waals surface area (Å²) in [6.07, 6.45) is 0. The first-order valence-corrected chi connectivity index (χ1v) is 6.43. The van der Waals surface area contributed by atoms with Gasteiger partial charge in [0.05, 0.1) is 29.5 Å². The SMILES string of the molecule is COc1ccc2c(c1)C(=O)N(c1cccc(C(=O)O)c1)C2=O. The van der Waals surface area contributed by atoms with E-state index in [-0.39, 0.29) is 22.4 Å². The van der Waals surface area contributed by atoms with Gasteiger partial charge in [-0.1, -0.05) is 6.07 Å². The number of fused-ring (bicyclic) bond motifs is 1. The van der Waals surface area contributed by atoms with Crippen LogP contribution in [0.5, 0.6) is 5.75 Å². The number of carbonyl (C=O) groups excluding carboxylic acids is 2. The van der Waals surface area contributed by atoms with Gasteiger partial charge in [0.15, 0.2) is 0 Å². The van der Waals surface area contributed by atoms with Gasteiger partial charge >= 0.3 is 5.97 Å². The van der Waals surface area contributed by atoms with Crippen molar-refractivity contribution in [2.24, 2.45) is 0 Å². The molecule has 0 aliphatic carbocycles. The number of hydrogen-bond acceptors (Lipinski definition) is 4. The van der Waals surface area contributed by atoms with Crippen molar-refractivity contribution in [1.82, 2.24) is 0 Å². The first-order valence-electron chi connectivity index (χ1n) is 6.43. The summed E-state index contributed by atoms with van der Waals surface area (Å²) in [7, 11) is 1.47. The molecule has 0 aromatic heterocycles. The molecule has 6 heteroatoms. The zero-order chi connectivity index (χ0) is 15.9. The van der Waals surface area contributed by atoms with E-state index in [2.05, 4.69) is 0 Å². The zero-order valence-corrected chi connectivity index (χ0v) is 11.6. The first kappa shape index (κ1) is 13.8. The highest BCUT2D eigenvalue weighted by Gasteiger charge is 2.37. The average Bonchev–Trinajstić information content (AvgIpc) is 2.78. The van der Waals surface area contributed by atoms with Gasteiger partial charge in [0, 0.05) is 0 Å².